The SMILES string of the molecule is O=C(O)Nc1nc2ncc(-c3ccc4c(c3)CNCCO4)cc2[nH]1. The van der Waals surface area contributed by atoms with Crippen LogP contribution in [0.2, 0.25) is 0 Å². The highest BCUT2D eigenvalue weighted by Crippen LogP contribution is 2.28. The molecule has 0 unspecified atom stereocenters. The Kier molecular flexibility index (Phi) is 3.51. The number of anilines is 1. The number of H-pyrrole nitrogens is 1. The second-order valence-electron chi connectivity index (χ2n) is 5.46. The highest BCUT2D eigenvalue weighted by molar-refractivity contribution is 5.85. The molecule has 1 amide bonds. The Hall–Kier alpha value is -3.13. The van der Waals surface area contributed by atoms with Crippen LogP contribution in [-0.4, -0.2) is 39.3 Å². The van der Waals surface area contributed by atoms with Crippen molar-refractivity contribution in [2.45, 2.75) is 6.54 Å². The van der Waals surface area contributed by atoms with Gasteiger partial charge in [0, 0.05) is 30.4 Å². The molecular formula is C16H15N5O3. The molecule has 2 aromatic heterocycles. The van der Waals surface area contributed by atoms with Crippen LogP contribution in [0.5, 0.6) is 5.75 Å². The maximum atomic E-state index is 10.7. The zero-order valence-corrected chi connectivity index (χ0v) is 12.7. The molecule has 122 valence electrons. The van der Waals surface area contributed by atoms with Crippen molar-refractivity contribution in [1.82, 2.24) is 20.3 Å². The molecule has 0 atom stereocenters. The highest BCUT2D eigenvalue weighted by atomic mass is 16.5. The van der Waals surface area contributed by atoms with Gasteiger partial charge in [0.15, 0.2) is 5.65 Å². The molecule has 0 fully saturated rings. The first-order valence-electron chi connectivity index (χ1n) is 7.51. The number of nitrogens with zero attached hydrogens (tertiary/aromatic N) is 2. The number of amides is 1. The van der Waals surface area contributed by atoms with Gasteiger partial charge >= 0.3 is 6.09 Å². The molecule has 0 spiro atoms. The summed E-state index contributed by atoms with van der Waals surface area (Å²) in [4.78, 5) is 22.0. The molecule has 1 aliphatic rings. The fourth-order valence-electron chi connectivity index (χ4n) is 2.71. The van der Waals surface area contributed by atoms with E-state index in [0.717, 1.165) is 35.5 Å². The molecule has 3 aromatic rings. The minimum atomic E-state index is -1.17. The lowest BCUT2D eigenvalue weighted by Gasteiger charge is -2.09. The van der Waals surface area contributed by atoms with Gasteiger partial charge in [0.1, 0.15) is 12.4 Å². The van der Waals surface area contributed by atoms with Gasteiger partial charge in [-0.05, 0) is 23.8 Å². The lowest BCUT2D eigenvalue weighted by molar-refractivity contribution is 0.209. The van der Waals surface area contributed by atoms with E-state index < -0.39 is 6.09 Å². The molecule has 0 aliphatic carbocycles. The van der Waals surface area contributed by atoms with Crippen LogP contribution in [-0.2, 0) is 6.54 Å². The Morgan fingerprint density at radius 2 is 2.21 bits per heavy atom. The van der Waals surface area contributed by atoms with Crippen LogP contribution in [0.25, 0.3) is 22.3 Å². The van der Waals surface area contributed by atoms with Crippen LogP contribution < -0.4 is 15.4 Å². The van der Waals surface area contributed by atoms with E-state index in [4.69, 9.17) is 9.84 Å². The zero-order chi connectivity index (χ0) is 16.5. The molecule has 0 saturated carbocycles. The molecule has 1 aliphatic heterocycles. The number of hydrogen-bond donors (Lipinski definition) is 4. The Labute approximate surface area is 136 Å². The molecule has 8 nitrogen and oxygen atoms in total. The third kappa shape index (κ3) is 2.74. The van der Waals surface area contributed by atoms with Gasteiger partial charge in [0.25, 0.3) is 0 Å². The van der Waals surface area contributed by atoms with E-state index in [1.165, 1.54) is 0 Å². The monoisotopic (exact) mass is 325 g/mol. The molecular weight excluding hydrogens is 310 g/mol. The Balaban J connectivity index is 1.71. The summed E-state index contributed by atoms with van der Waals surface area (Å²) in [6, 6.07) is 7.92. The van der Waals surface area contributed by atoms with Crippen LogP contribution >= 0.6 is 0 Å². The van der Waals surface area contributed by atoms with Gasteiger partial charge in [-0.3, -0.25) is 5.32 Å². The Morgan fingerprint density at radius 3 is 3.08 bits per heavy atom. The van der Waals surface area contributed by atoms with Crippen molar-refractivity contribution < 1.29 is 14.6 Å². The van der Waals surface area contributed by atoms with Crippen LogP contribution in [0.3, 0.4) is 0 Å². The van der Waals surface area contributed by atoms with Crippen LogP contribution in [0.4, 0.5) is 10.7 Å². The number of carbonyl (C=O) groups is 1. The van der Waals surface area contributed by atoms with E-state index in [1.54, 1.807) is 6.20 Å². The zero-order valence-electron chi connectivity index (χ0n) is 12.7. The van der Waals surface area contributed by atoms with Crippen molar-refractivity contribution in [1.29, 1.82) is 0 Å². The molecule has 4 N–H and O–H groups in total. The van der Waals surface area contributed by atoms with Crippen LogP contribution in [0.15, 0.2) is 30.5 Å². The maximum absolute atomic E-state index is 10.7. The molecule has 4 rings (SSSR count). The number of pyridine rings is 1. The van der Waals surface area contributed by atoms with E-state index in [1.807, 2.05) is 18.2 Å². The Bertz CT molecular complexity index is 921. The summed E-state index contributed by atoms with van der Waals surface area (Å²) in [5, 5.41) is 14.2. The lowest BCUT2D eigenvalue weighted by Crippen LogP contribution is -2.16. The van der Waals surface area contributed by atoms with Gasteiger partial charge in [0.2, 0.25) is 5.95 Å². The molecule has 24 heavy (non-hydrogen) atoms. The van der Waals surface area contributed by atoms with E-state index in [0.29, 0.717) is 17.8 Å². The van der Waals surface area contributed by atoms with Gasteiger partial charge in [0.05, 0.1) is 5.52 Å². The highest BCUT2D eigenvalue weighted by Gasteiger charge is 2.12. The second kappa shape index (κ2) is 5.82. The normalized spacial score (nSPS) is 13.8. The first-order chi connectivity index (χ1) is 11.7. The van der Waals surface area contributed by atoms with Gasteiger partial charge in [-0.15, -0.1) is 0 Å². The summed E-state index contributed by atoms with van der Waals surface area (Å²) in [5.41, 5.74) is 4.16. The van der Waals surface area contributed by atoms with Crippen molar-refractivity contribution >= 4 is 23.2 Å². The van der Waals surface area contributed by atoms with Crippen molar-refractivity contribution in [3.63, 3.8) is 0 Å². The molecule has 0 saturated heterocycles. The number of ether oxygens (including phenoxy) is 1. The molecule has 3 heterocycles. The molecule has 0 bridgehead atoms. The van der Waals surface area contributed by atoms with E-state index in [2.05, 4.69) is 31.7 Å². The fourth-order valence-corrected chi connectivity index (χ4v) is 2.71. The quantitative estimate of drug-likeness (QED) is 0.574. The predicted octanol–water partition coefficient (Wildman–Crippen LogP) is 2.20. The lowest BCUT2D eigenvalue weighted by atomic mass is 10.0. The van der Waals surface area contributed by atoms with E-state index in [9.17, 15) is 4.79 Å². The van der Waals surface area contributed by atoms with Gasteiger partial charge < -0.3 is 20.1 Å². The summed E-state index contributed by atoms with van der Waals surface area (Å²) >= 11 is 0. The summed E-state index contributed by atoms with van der Waals surface area (Å²) in [6.07, 6.45) is 0.549. The number of benzene rings is 1. The largest absolute Gasteiger partial charge is 0.492 e. The average Bonchev–Trinajstić information content (AvgIpc) is 2.80. The van der Waals surface area contributed by atoms with Crippen LogP contribution in [0.1, 0.15) is 5.56 Å². The van der Waals surface area contributed by atoms with Crippen molar-refractivity contribution in [3.8, 4) is 16.9 Å². The number of nitrogens with one attached hydrogen (secondary N) is 3. The number of carboxylic acid groups (broad SMARTS) is 1. The summed E-state index contributed by atoms with van der Waals surface area (Å²) in [7, 11) is 0. The minimum absolute atomic E-state index is 0.154. The smallest absolute Gasteiger partial charge is 0.411 e. The Morgan fingerprint density at radius 1 is 1.29 bits per heavy atom. The van der Waals surface area contributed by atoms with Gasteiger partial charge in [-0.2, -0.15) is 4.98 Å². The predicted molar refractivity (Wildman–Crippen MR) is 88.2 cm³/mol. The second-order valence-corrected chi connectivity index (χ2v) is 5.46. The maximum Gasteiger partial charge on any atom is 0.411 e. The molecule has 1 aromatic carbocycles. The molecule has 0 radical (unpaired) electrons. The standard InChI is InChI=1S/C16H15N5O3/c22-16(23)21-15-19-12-6-10(8-18-14(12)20-15)9-1-2-13-11(5-9)7-17-3-4-24-13/h1-2,5-6,8,17H,3-4,7H2,(H,22,23)(H2,18,19,20,21). The number of hydrogen-bond acceptors (Lipinski definition) is 5. The topological polar surface area (TPSA) is 112 Å². The number of fused-ring (bicyclic) bond motifs is 2. The first-order valence-corrected chi connectivity index (χ1v) is 7.51. The van der Waals surface area contributed by atoms with Gasteiger partial charge in [-0.1, -0.05) is 6.07 Å². The summed E-state index contributed by atoms with van der Waals surface area (Å²) in [5.74, 6) is 1.05. The third-order valence-electron chi connectivity index (χ3n) is 3.81. The van der Waals surface area contributed by atoms with Crippen molar-refractivity contribution in [2.24, 2.45) is 0 Å². The summed E-state index contributed by atoms with van der Waals surface area (Å²) in [6.45, 7) is 2.24. The molecule has 8 heteroatoms. The number of aromatic amines is 1. The van der Waals surface area contributed by atoms with Crippen LogP contribution in [0, 0.1) is 0 Å². The van der Waals surface area contributed by atoms with Crippen molar-refractivity contribution in [3.05, 3.63) is 36.0 Å². The van der Waals surface area contributed by atoms with Crippen molar-refractivity contribution in [2.75, 3.05) is 18.5 Å². The third-order valence-corrected chi connectivity index (χ3v) is 3.81. The number of imidazole rings is 1. The summed E-state index contributed by atoms with van der Waals surface area (Å²) < 4.78 is 5.69. The van der Waals surface area contributed by atoms with E-state index in [-0.39, 0.29) is 5.95 Å². The van der Waals surface area contributed by atoms with E-state index >= 15 is 0 Å². The fraction of sp³-hybridized carbons (Fsp3) is 0.188. The first kappa shape index (κ1) is 14.5. The minimum Gasteiger partial charge on any atom is -0.492 e. The number of rotatable bonds is 2. The number of aromatic nitrogens is 3. The average molecular weight is 325 g/mol. The van der Waals surface area contributed by atoms with Gasteiger partial charge in [-0.25, -0.2) is 9.78 Å².